The van der Waals surface area contributed by atoms with Gasteiger partial charge in [-0.25, -0.2) is 0 Å². The Hall–Kier alpha value is -0.830. The lowest BCUT2D eigenvalue weighted by atomic mass is 9.98. The molecule has 0 aromatic heterocycles. The Morgan fingerprint density at radius 3 is 3.09 bits per heavy atom. The highest BCUT2D eigenvalue weighted by atomic mass is 16.5. The fourth-order valence-electron chi connectivity index (χ4n) is 1.87. The Bertz CT molecular complexity index is 219. The molecule has 2 aliphatic rings. The van der Waals surface area contributed by atoms with Gasteiger partial charge in [0.05, 0.1) is 19.5 Å². The van der Waals surface area contributed by atoms with Crippen molar-refractivity contribution in [3.8, 4) is 0 Å². The zero-order valence-corrected chi connectivity index (χ0v) is 6.12. The first-order valence-corrected chi connectivity index (χ1v) is 3.78. The fourth-order valence-corrected chi connectivity index (χ4v) is 1.87. The summed E-state index contributed by atoms with van der Waals surface area (Å²) in [5.74, 6) is 0.596. The molecule has 11 heavy (non-hydrogen) atoms. The van der Waals surface area contributed by atoms with E-state index in [0.717, 1.165) is 6.26 Å². The van der Waals surface area contributed by atoms with Crippen LogP contribution in [0.15, 0.2) is 11.8 Å². The van der Waals surface area contributed by atoms with E-state index < -0.39 is 0 Å². The Labute approximate surface area is 64.7 Å². The van der Waals surface area contributed by atoms with Crippen LogP contribution in [0.4, 0.5) is 0 Å². The Morgan fingerprint density at radius 1 is 1.55 bits per heavy atom. The predicted molar refractivity (Wildman–Crippen MR) is 38.1 cm³/mol. The lowest BCUT2D eigenvalue weighted by molar-refractivity contribution is -0.115. The van der Waals surface area contributed by atoms with Crippen LogP contribution >= 0.6 is 0 Å². The van der Waals surface area contributed by atoms with Crippen molar-refractivity contribution < 1.29 is 14.6 Å². The molecule has 2 atom stereocenters. The Kier molecular flexibility index (Phi) is 1.46. The third-order valence-corrected chi connectivity index (χ3v) is 2.51. The number of aliphatic hydroxyl groups excluding tert-OH is 1. The van der Waals surface area contributed by atoms with Crippen molar-refractivity contribution in [3.05, 3.63) is 11.8 Å². The maximum Gasteiger partial charge on any atom is 0.162 e. The molecule has 3 heteroatoms. The molecule has 1 saturated heterocycles. The summed E-state index contributed by atoms with van der Waals surface area (Å²) in [5, 5.41) is 8.75. The van der Waals surface area contributed by atoms with Gasteiger partial charge in [0.25, 0.3) is 0 Å². The molecule has 3 nitrogen and oxygen atoms in total. The van der Waals surface area contributed by atoms with Gasteiger partial charge in [-0.05, 0) is 5.92 Å². The Morgan fingerprint density at radius 2 is 2.36 bits per heavy atom. The van der Waals surface area contributed by atoms with Gasteiger partial charge in [0, 0.05) is 17.9 Å². The minimum atomic E-state index is 0.0887. The number of ether oxygens (including phenoxy) is 1. The number of rotatable bonds is 0. The SMILES string of the molecule is O=C1C[C@@H]2COC[C@@H]2/C1=C/O. The smallest absolute Gasteiger partial charge is 0.162 e. The molecule has 0 aromatic rings. The predicted octanol–water partition coefficient (Wildman–Crippen LogP) is 0.664. The van der Waals surface area contributed by atoms with Gasteiger partial charge < -0.3 is 9.84 Å². The van der Waals surface area contributed by atoms with Crippen LogP contribution in [0, 0.1) is 11.8 Å². The number of hydrogen-bond acceptors (Lipinski definition) is 3. The van der Waals surface area contributed by atoms with Crippen LogP contribution in [0.1, 0.15) is 6.42 Å². The van der Waals surface area contributed by atoms with Crippen LogP contribution in [-0.4, -0.2) is 24.1 Å². The van der Waals surface area contributed by atoms with Crippen LogP contribution < -0.4 is 0 Å². The van der Waals surface area contributed by atoms with Crippen LogP contribution in [0.2, 0.25) is 0 Å². The van der Waals surface area contributed by atoms with Crippen LogP contribution in [-0.2, 0) is 9.53 Å². The molecule has 1 N–H and O–H groups in total. The maximum atomic E-state index is 11.1. The summed E-state index contributed by atoms with van der Waals surface area (Å²) in [5.41, 5.74) is 0.563. The summed E-state index contributed by atoms with van der Waals surface area (Å²) in [6.07, 6.45) is 1.50. The first kappa shape index (κ1) is 6.85. The van der Waals surface area contributed by atoms with E-state index in [-0.39, 0.29) is 11.7 Å². The minimum absolute atomic E-state index is 0.0887. The van der Waals surface area contributed by atoms with Crippen LogP contribution in [0.3, 0.4) is 0 Å². The highest BCUT2D eigenvalue weighted by Gasteiger charge is 2.41. The van der Waals surface area contributed by atoms with Crippen molar-refractivity contribution in [1.82, 2.24) is 0 Å². The average molecular weight is 154 g/mol. The van der Waals surface area contributed by atoms with Crippen molar-refractivity contribution in [1.29, 1.82) is 0 Å². The van der Waals surface area contributed by atoms with Gasteiger partial charge in [0.2, 0.25) is 0 Å². The number of aliphatic hydroxyl groups is 1. The second-order valence-corrected chi connectivity index (χ2v) is 3.12. The summed E-state index contributed by atoms with van der Waals surface area (Å²) in [7, 11) is 0. The van der Waals surface area contributed by atoms with Crippen molar-refractivity contribution in [3.63, 3.8) is 0 Å². The Balaban J connectivity index is 2.27. The van der Waals surface area contributed by atoms with Gasteiger partial charge in [-0.2, -0.15) is 0 Å². The topological polar surface area (TPSA) is 46.5 Å². The fraction of sp³-hybridized carbons (Fsp3) is 0.625. The summed E-state index contributed by atoms with van der Waals surface area (Å²) >= 11 is 0. The van der Waals surface area contributed by atoms with E-state index in [1.54, 1.807) is 0 Å². The first-order valence-electron chi connectivity index (χ1n) is 3.78. The summed E-state index contributed by atoms with van der Waals surface area (Å²) < 4.78 is 5.19. The molecule has 1 heterocycles. The van der Waals surface area contributed by atoms with Crippen LogP contribution in [0.25, 0.3) is 0 Å². The lowest BCUT2D eigenvalue weighted by Gasteiger charge is -2.03. The molecule has 2 fully saturated rings. The maximum absolute atomic E-state index is 11.1. The monoisotopic (exact) mass is 154 g/mol. The third-order valence-electron chi connectivity index (χ3n) is 2.51. The van der Waals surface area contributed by atoms with E-state index in [2.05, 4.69) is 0 Å². The zero-order chi connectivity index (χ0) is 7.84. The third kappa shape index (κ3) is 0.878. The number of carbonyl (C=O) groups excluding carboxylic acids is 1. The standard InChI is InChI=1S/C8H10O3/c9-2-6-7-4-11-3-5(7)1-8(6)10/h2,5,7,9H,1,3-4H2/b6-2-/t5-,7+/m1/s1. The van der Waals surface area contributed by atoms with Crippen LogP contribution in [0.5, 0.6) is 0 Å². The van der Waals surface area contributed by atoms with E-state index in [1.165, 1.54) is 0 Å². The van der Waals surface area contributed by atoms with Gasteiger partial charge in [-0.15, -0.1) is 0 Å². The van der Waals surface area contributed by atoms with E-state index in [1.807, 2.05) is 0 Å². The molecule has 1 aliphatic carbocycles. The zero-order valence-electron chi connectivity index (χ0n) is 6.12. The number of ketones is 1. The number of hydrogen-bond donors (Lipinski definition) is 1. The molecule has 0 aromatic carbocycles. The minimum Gasteiger partial charge on any atom is -0.515 e. The lowest BCUT2D eigenvalue weighted by Crippen LogP contribution is -2.05. The highest BCUT2D eigenvalue weighted by molar-refractivity contribution is 5.98. The largest absolute Gasteiger partial charge is 0.515 e. The van der Waals surface area contributed by atoms with Crippen molar-refractivity contribution in [2.45, 2.75) is 6.42 Å². The molecule has 60 valence electrons. The second kappa shape index (κ2) is 2.34. The van der Waals surface area contributed by atoms with E-state index in [4.69, 9.17) is 9.84 Å². The average Bonchev–Trinajstić information content (AvgIpc) is 2.46. The molecular weight excluding hydrogens is 144 g/mol. The molecule has 1 saturated carbocycles. The molecular formula is C8H10O3. The number of carbonyl (C=O) groups is 1. The molecule has 0 unspecified atom stereocenters. The summed E-state index contributed by atoms with van der Waals surface area (Å²) in [6, 6.07) is 0. The van der Waals surface area contributed by atoms with E-state index in [9.17, 15) is 4.79 Å². The first-order chi connectivity index (χ1) is 5.33. The molecule has 2 rings (SSSR count). The van der Waals surface area contributed by atoms with Crippen molar-refractivity contribution in [2.24, 2.45) is 11.8 Å². The normalized spacial score (nSPS) is 40.0. The molecule has 0 spiro atoms. The summed E-state index contributed by atoms with van der Waals surface area (Å²) in [6.45, 7) is 1.27. The molecule has 1 aliphatic heterocycles. The van der Waals surface area contributed by atoms with Gasteiger partial charge in [0.15, 0.2) is 5.78 Å². The van der Waals surface area contributed by atoms with Gasteiger partial charge in [-0.1, -0.05) is 0 Å². The van der Waals surface area contributed by atoms with E-state index in [0.29, 0.717) is 31.1 Å². The molecule has 0 bridgehead atoms. The van der Waals surface area contributed by atoms with Crippen molar-refractivity contribution in [2.75, 3.05) is 13.2 Å². The highest BCUT2D eigenvalue weighted by Crippen LogP contribution is 2.37. The second-order valence-electron chi connectivity index (χ2n) is 3.12. The molecule has 0 radical (unpaired) electrons. The quantitative estimate of drug-likeness (QED) is 0.412. The van der Waals surface area contributed by atoms with E-state index >= 15 is 0 Å². The number of Topliss-reactive ketones (excluding diaryl/α,β-unsaturated/α-hetero) is 1. The summed E-state index contributed by atoms with van der Waals surface area (Å²) in [4.78, 5) is 11.1. The van der Waals surface area contributed by atoms with Crippen molar-refractivity contribution >= 4 is 5.78 Å². The molecule has 0 amide bonds. The van der Waals surface area contributed by atoms with Gasteiger partial charge in [0.1, 0.15) is 0 Å². The van der Waals surface area contributed by atoms with Gasteiger partial charge >= 0.3 is 0 Å². The van der Waals surface area contributed by atoms with Gasteiger partial charge in [-0.3, -0.25) is 4.79 Å². The number of fused-ring (bicyclic) bond motifs is 1.